The van der Waals surface area contributed by atoms with Crippen LogP contribution >= 0.6 is 11.8 Å². The highest BCUT2D eigenvalue weighted by molar-refractivity contribution is 7.99. The van der Waals surface area contributed by atoms with Crippen molar-refractivity contribution in [2.45, 2.75) is 17.6 Å². The molecule has 0 aliphatic carbocycles. The van der Waals surface area contributed by atoms with Gasteiger partial charge in [0.2, 0.25) is 0 Å². The van der Waals surface area contributed by atoms with Gasteiger partial charge < -0.3 is 15.5 Å². The molecule has 0 aliphatic rings. The number of nitrogens with zero attached hydrogens (tertiary/aromatic N) is 1. The number of hydrogen-bond donors (Lipinski definition) is 2. The number of nitrogens with two attached hydrogens (primary N) is 1. The fourth-order valence-electron chi connectivity index (χ4n) is 1.77. The highest BCUT2D eigenvalue weighted by Crippen LogP contribution is 2.27. The maximum absolute atomic E-state index is 12.2. The number of carbonyl (C=O) groups is 1. The summed E-state index contributed by atoms with van der Waals surface area (Å²) in [5.74, 6) is -0.0751. The van der Waals surface area contributed by atoms with E-state index >= 15 is 0 Å². The Labute approximate surface area is 121 Å². The molecular formula is C14H17N3O2S. The van der Waals surface area contributed by atoms with Gasteiger partial charge in [0.25, 0.3) is 0 Å². The number of rotatable bonds is 6. The lowest BCUT2D eigenvalue weighted by Crippen LogP contribution is -2.48. The van der Waals surface area contributed by atoms with Crippen LogP contribution in [0.2, 0.25) is 0 Å². The summed E-state index contributed by atoms with van der Waals surface area (Å²) in [5.41, 5.74) is 5.88. The number of thioether (sulfide) groups is 1. The molecule has 2 rings (SSSR count). The molecule has 20 heavy (non-hydrogen) atoms. The van der Waals surface area contributed by atoms with Crippen molar-refractivity contribution in [3.8, 4) is 0 Å². The summed E-state index contributed by atoms with van der Waals surface area (Å²) in [6.07, 6.45) is 3.39. The van der Waals surface area contributed by atoms with E-state index in [9.17, 15) is 4.79 Å². The van der Waals surface area contributed by atoms with Crippen molar-refractivity contribution in [1.29, 1.82) is 0 Å². The predicted molar refractivity (Wildman–Crippen MR) is 78.3 cm³/mol. The van der Waals surface area contributed by atoms with E-state index in [4.69, 9.17) is 10.5 Å². The van der Waals surface area contributed by atoms with E-state index in [2.05, 4.69) is 9.97 Å². The van der Waals surface area contributed by atoms with Crippen LogP contribution in [0.4, 0.5) is 0 Å². The van der Waals surface area contributed by atoms with E-state index in [1.165, 1.54) is 11.8 Å². The Balaban J connectivity index is 2.22. The Hall–Kier alpha value is -1.79. The van der Waals surface area contributed by atoms with E-state index in [0.717, 1.165) is 10.7 Å². The highest BCUT2D eigenvalue weighted by Gasteiger charge is 2.37. The molecule has 0 amide bonds. The van der Waals surface area contributed by atoms with Crippen LogP contribution < -0.4 is 5.73 Å². The van der Waals surface area contributed by atoms with Crippen molar-refractivity contribution in [3.63, 3.8) is 0 Å². The molecule has 0 fully saturated rings. The van der Waals surface area contributed by atoms with Crippen LogP contribution in [0.25, 0.3) is 0 Å². The lowest BCUT2D eigenvalue weighted by molar-refractivity contribution is -0.149. The Morgan fingerprint density at radius 2 is 2.20 bits per heavy atom. The number of imidazole rings is 1. The SMILES string of the molecule is CCOC(=O)C(N)(CSc1ncc[nH]1)c1ccccc1. The fourth-order valence-corrected chi connectivity index (χ4v) is 2.70. The average molecular weight is 291 g/mol. The van der Waals surface area contributed by atoms with Crippen LogP contribution in [-0.2, 0) is 15.1 Å². The van der Waals surface area contributed by atoms with Gasteiger partial charge in [-0.2, -0.15) is 0 Å². The average Bonchev–Trinajstić information content (AvgIpc) is 2.99. The predicted octanol–water partition coefficient (Wildman–Crippen LogP) is 1.92. The molecule has 0 radical (unpaired) electrons. The third-order valence-corrected chi connectivity index (χ3v) is 3.93. The molecule has 1 aromatic heterocycles. The van der Waals surface area contributed by atoms with Crippen LogP contribution in [0.15, 0.2) is 47.9 Å². The smallest absolute Gasteiger partial charge is 0.331 e. The number of aromatic amines is 1. The quantitative estimate of drug-likeness (QED) is 0.628. The van der Waals surface area contributed by atoms with Gasteiger partial charge in [0.1, 0.15) is 5.54 Å². The van der Waals surface area contributed by atoms with Gasteiger partial charge in [-0.25, -0.2) is 9.78 Å². The second kappa shape index (κ2) is 6.58. The first-order chi connectivity index (χ1) is 9.66. The number of nitrogens with one attached hydrogen (secondary N) is 1. The molecule has 0 spiro atoms. The van der Waals surface area contributed by atoms with Crippen molar-refractivity contribution in [1.82, 2.24) is 9.97 Å². The summed E-state index contributed by atoms with van der Waals surface area (Å²) in [4.78, 5) is 19.3. The topological polar surface area (TPSA) is 81.0 Å². The van der Waals surface area contributed by atoms with Crippen molar-refractivity contribution >= 4 is 17.7 Å². The summed E-state index contributed by atoms with van der Waals surface area (Å²) < 4.78 is 5.12. The zero-order valence-electron chi connectivity index (χ0n) is 11.2. The molecule has 1 atom stereocenters. The van der Waals surface area contributed by atoms with Gasteiger partial charge in [-0.1, -0.05) is 42.1 Å². The van der Waals surface area contributed by atoms with E-state index in [0.29, 0.717) is 12.4 Å². The van der Waals surface area contributed by atoms with E-state index in [-0.39, 0.29) is 0 Å². The van der Waals surface area contributed by atoms with Crippen LogP contribution in [0.5, 0.6) is 0 Å². The molecule has 1 aromatic carbocycles. The molecule has 1 unspecified atom stereocenters. The Morgan fingerprint density at radius 1 is 1.45 bits per heavy atom. The van der Waals surface area contributed by atoms with Gasteiger partial charge in [0.15, 0.2) is 5.16 Å². The van der Waals surface area contributed by atoms with Gasteiger partial charge in [-0.15, -0.1) is 0 Å². The minimum absolute atomic E-state index is 0.302. The van der Waals surface area contributed by atoms with Crippen molar-refractivity contribution < 1.29 is 9.53 Å². The molecule has 6 heteroatoms. The Bertz CT molecular complexity index is 545. The maximum Gasteiger partial charge on any atom is 0.331 e. The monoisotopic (exact) mass is 291 g/mol. The first-order valence-electron chi connectivity index (χ1n) is 6.30. The molecule has 106 valence electrons. The first-order valence-corrected chi connectivity index (χ1v) is 7.29. The number of hydrogen-bond acceptors (Lipinski definition) is 5. The van der Waals surface area contributed by atoms with Crippen molar-refractivity contribution in [3.05, 3.63) is 48.3 Å². The Morgan fingerprint density at radius 3 is 2.80 bits per heavy atom. The summed E-state index contributed by atoms with van der Waals surface area (Å²) in [6, 6.07) is 9.26. The number of benzene rings is 1. The zero-order valence-corrected chi connectivity index (χ0v) is 12.0. The van der Waals surface area contributed by atoms with Gasteiger partial charge in [-0.05, 0) is 12.5 Å². The largest absolute Gasteiger partial charge is 0.464 e. The Kier molecular flexibility index (Phi) is 4.81. The molecule has 3 N–H and O–H groups in total. The first kappa shape index (κ1) is 14.6. The highest BCUT2D eigenvalue weighted by atomic mass is 32.2. The number of H-pyrrole nitrogens is 1. The van der Waals surface area contributed by atoms with Gasteiger partial charge >= 0.3 is 5.97 Å². The third kappa shape index (κ3) is 3.20. The second-order valence-electron chi connectivity index (χ2n) is 4.24. The van der Waals surface area contributed by atoms with Gasteiger partial charge in [-0.3, -0.25) is 0 Å². The van der Waals surface area contributed by atoms with Crippen LogP contribution in [0.1, 0.15) is 12.5 Å². The van der Waals surface area contributed by atoms with Gasteiger partial charge in [0, 0.05) is 18.1 Å². The normalized spacial score (nSPS) is 13.7. The third-order valence-electron chi connectivity index (χ3n) is 2.84. The lowest BCUT2D eigenvalue weighted by atomic mass is 9.93. The van der Waals surface area contributed by atoms with E-state index in [1.807, 2.05) is 30.3 Å². The molecule has 1 heterocycles. The number of aromatic nitrogens is 2. The zero-order chi connectivity index (χ0) is 14.4. The standard InChI is InChI=1S/C14H17N3O2S/c1-2-19-12(18)14(15,11-6-4-3-5-7-11)10-20-13-16-8-9-17-13/h3-9H,2,10,15H2,1H3,(H,16,17). The summed E-state index contributed by atoms with van der Waals surface area (Å²) >= 11 is 1.39. The molecule has 0 aliphatic heterocycles. The van der Waals surface area contributed by atoms with Crippen LogP contribution in [0, 0.1) is 0 Å². The molecule has 0 bridgehead atoms. The summed E-state index contributed by atoms with van der Waals surface area (Å²) in [7, 11) is 0. The number of esters is 1. The minimum Gasteiger partial charge on any atom is -0.464 e. The molecule has 2 aromatic rings. The van der Waals surface area contributed by atoms with Crippen LogP contribution in [-0.4, -0.2) is 28.3 Å². The maximum atomic E-state index is 12.2. The molecule has 0 saturated heterocycles. The summed E-state index contributed by atoms with van der Waals surface area (Å²) in [6.45, 7) is 2.07. The molecule has 0 saturated carbocycles. The minimum atomic E-state index is -1.19. The van der Waals surface area contributed by atoms with Gasteiger partial charge in [0.05, 0.1) is 6.61 Å². The summed E-state index contributed by atoms with van der Waals surface area (Å²) in [5, 5.41) is 0.722. The van der Waals surface area contributed by atoms with E-state index < -0.39 is 11.5 Å². The van der Waals surface area contributed by atoms with Crippen molar-refractivity contribution in [2.24, 2.45) is 5.73 Å². The number of ether oxygens (including phenoxy) is 1. The van der Waals surface area contributed by atoms with E-state index in [1.54, 1.807) is 19.3 Å². The number of carbonyl (C=O) groups excluding carboxylic acids is 1. The molecular weight excluding hydrogens is 274 g/mol. The second-order valence-corrected chi connectivity index (χ2v) is 5.20. The lowest BCUT2D eigenvalue weighted by Gasteiger charge is -2.26. The fraction of sp³-hybridized carbons (Fsp3) is 0.286. The van der Waals surface area contributed by atoms with Crippen molar-refractivity contribution in [2.75, 3.05) is 12.4 Å². The molecule has 5 nitrogen and oxygen atoms in total. The van der Waals surface area contributed by atoms with Crippen LogP contribution in [0.3, 0.4) is 0 Å².